The van der Waals surface area contributed by atoms with Crippen LogP contribution in [0.25, 0.3) is 0 Å². The van der Waals surface area contributed by atoms with Crippen molar-refractivity contribution in [3.8, 4) is 0 Å². The standard InChI is InChI=1S/C13H19BrClN3O2S/c1-10-8-11(14)13(9-12(10)15)17-21(19,20)7-6-18-4-2-16-3-5-18/h8-9,16-17H,2-7H2,1H3. The molecule has 8 heteroatoms. The van der Waals surface area contributed by atoms with Gasteiger partial charge in [0.15, 0.2) is 0 Å². The third-order valence-electron chi connectivity index (χ3n) is 3.40. The number of rotatable bonds is 5. The van der Waals surface area contributed by atoms with Gasteiger partial charge in [-0.2, -0.15) is 0 Å². The summed E-state index contributed by atoms with van der Waals surface area (Å²) >= 11 is 9.40. The molecule has 1 heterocycles. The van der Waals surface area contributed by atoms with Crippen molar-refractivity contribution in [3.05, 3.63) is 27.2 Å². The van der Waals surface area contributed by atoms with Crippen molar-refractivity contribution < 1.29 is 8.42 Å². The molecule has 1 fully saturated rings. The molecule has 1 saturated heterocycles. The van der Waals surface area contributed by atoms with E-state index in [0.29, 0.717) is 21.7 Å². The minimum Gasteiger partial charge on any atom is -0.314 e. The zero-order valence-corrected chi connectivity index (χ0v) is 15.0. The van der Waals surface area contributed by atoms with Crippen molar-refractivity contribution in [2.75, 3.05) is 43.2 Å². The summed E-state index contributed by atoms with van der Waals surface area (Å²) in [4.78, 5) is 2.15. The molecule has 5 nitrogen and oxygen atoms in total. The lowest BCUT2D eigenvalue weighted by molar-refractivity contribution is 0.254. The molecule has 1 aliphatic rings. The highest BCUT2D eigenvalue weighted by molar-refractivity contribution is 9.10. The fourth-order valence-corrected chi connectivity index (χ4v) is 4.08. The number of sulfonamides is 1. The molecule has 1 aliphatic heterocycles. The predicted molar refractivity (Wildman–Crippen MR) is 90.6 cm³/mol. The molecule has 0 saturated carbocycles. The van der Waals surface area contributed by atoms with E-state index in [9.17, 15) is 8.42 Å². The largest absolute Gasteiger partial charge is 0.314 e. The van der Waals surface area contributed by atoms with Gasteiger partial charge >= 0.3 is 0 Å². The molecule has 21 heavy (non-hydrogen) atoms. The average molecular weight is 397 g/mol. The Kier molecular flexibility index (Phi) is 5.90. The average Bonchev–Trinajstić information content (AvgIpc) is 2.44. The highest BCUT2D eigenvalue weighted by Crippen LogP contribution is 2.29. The molecule has 0 aromatic heterocycles. The molecule has 0 bridgehead atoms. The van der Waals surface area contributed by atoms with Crippen LogP contribution in [0, 0.1) is 6.92 Å². The van der Waals surface area contributed by atoms with Gasteiger partial charge in [-0.1, -0.05) is 11.6 Å². The lowest BCUT2D eigenvalue weighted by atomic mass is 10.2. The zero-order chi connectivity index (χ0) is 15.5. The fraction of sp³-hybridized carbons (Fsp3) is 0.538. The number of hydrogen-bond acceptors (Lipinski definition) is 4. The number of anilines is 1. The smallest absolute Gasteiger partial charge is 0.234 e. The summed E-state index contributed by atoms with van der Waals surface area (Å²) in [6.45, 7) is 5.99. The Hall–Kier alpha value is -0.340. The Bertz CT molecular complexity index is 604. The van der Waals surface area contributed by atoms with Gasteiger partial charge in [-0.05, 0) is 40.5 Å². The van der Waals surface area contributed by atoms with E-state index in [1.165, 1.54) is 0 Å². The number of nitrogens with zero attached hydrogens (tertiary/aromatic N) is 1. The van der Waals surface area contributed by atoms with E-state index in [1.54, 1.807) is 12.1 Å². The highest BCUT2D eigenvalue weighted by atomic mass is 79.9. The van der Waals surface area contributed by atoms with Crippen molar-refractivity contribution in [2.24, 2.45) is 0 Å². The summed E-state index contributed by atoms with van der Waals surface area (Å²) in [7, 11) is -3.39. The van der Waals surface area contributed by atoms with Crippen LogP contribution < -0.4 is 10.0 Å². The van der Waals surface area contributed by atoms with Gasteiger partial charge < -0.3 is 5.32 Å². The second-order valence-corrected chi connectivity index (χ2v) is 8.20. The van der Waals surface area contributed by atoms with E-state index in [4.69, 9.17) is 11.6 Å². The molecule has 2 N–H and O–H groups in total. The molecule has 118 valence electrons. The number of piperazine rings is 1. The number of aryl methyl sites for hydroxylation is 1. The maximum absolute atomic E-state index is 12.2. The van der Waals surface area contributed by atoms with Crippen molar-refractivity contribution in [1.29, 1.82) is 0 Å². The van der Waals surface area contributed by atoms with Crippen LogP contribution in [-0.4, -0.2) is 51.8 Å². The topological polar surface area (TPSA) is 61.4 Å². The third-order valence-corrected chi connectivity index (χ3v) is 5.71. The summed E-state index contributed by atoms with van der Waals surface area (Å²) in [6, 6.07) is 3.43. The number of hydrogen-bond donors (Lipinski definition) is 2. The minimum absolute atomic E-state index is 0.0743. The van der Waals surface area contributed by atoms with E-state index in [-0.39, 0.29) is 5.75 Å². The van der Waals surface area contributed by atoms with Crippen molar-refractivity contribution in [2.45, 2.75) is 6.92 Å². The zero-order valence-electron chi connectivity index (χ0n) is 11.8. The molecule has 0 aliphatic carbocycles. The molecule has 0 atom stereocenters. The second-order valence-electron chi connectivity index (χ2n) is 5.09. The Morgan fingerprint density at radius 2 is 2.05 bits per heavy atom. The van der Waals surface area contributed by atoms with E-state index < -0.39 is 10.0 Å². The molecule has 0 amide bonds. The van der Waals surface area contributed by atoms with Crippen LogP contribution in [0.1, 0.15) is 5.56 Å². The number of benzene rings is 1. The van der Waals surface area contributed by atoms with Gasteiger partial charge in [-0.15, -0.1) is 0 Å². The van der Waals surface area contributed by atoms with E-state index in [2.05, 4.69) is 30.9 Å². The van der Waals surface area contributed by atoms with Crippen LogP contribution in [0.4, 0.5) is 5.69 Å². The van der Waals surface area contributed by atoms with Gasteiger partial charge in [0.25, 0.3) is 0 Å². The molecular formula is C13H19BrClN3O2S. The van der Waals surface area contributed by atoms with Gasteiger partial charge in [0.05, 0.1) is 11.4 Å². The molecule has 0 radical (unpaired) electrons. The Balaban J connectivity index is 1.98. The summed E-state index contributed by atoms with van der Waals surface area (Å²) in [5.74, 6) is 0.0743. The molecule has 1 aromatic carbocycles. The molecular weight excluding hydrogens is 378 g/mol. The second kappa shape index (κ2) is 7.28. The Labute approximate surface area is 139 Å². The van der Waals surface area contributed by atoms with E-state index in [0.717, 1.165) is 31.7 Å². The highest BCUT2D eigenvalue weighted by Gasteiger charge is 2.17. The van der Waals surface area contributed by atoms with Crippen LogP contribution in [0.2, 0.25) is 5.02 Å². The van der Waals surface area contributed by atoms with Crippen molar-refractivity contribution in [1.82, 2.24) is 10.2 Å². The monoisotopic (exact) mass is 395 g/mol. The van der Waals surface area contributed by atoms with Gasteiger partial charge in [0.2, 0.25) is 10.0 Å². The van der Waals surface area contributed by atoms with Gasteiger partial charge in [0, 0.05) is 42.2 Å². The maximum Gasteiger partial charge on any atom is 0.234 e. The SMILES string of the molecule is Cc1cc(Br)c(NS(=O)(=O)CCN2CCNCC2)cc1Cl. The fourth-order valence-electron chi connectivity index (χ4n) is 2.13. The predicted octanol–water partition coefficient (Wildman–Crippen LogP) is 2.06. The quantitative estimate of drug-likeness (QED) is 0.800. The van der Waals surface area contributed by atoms with Crippen molar-refractivity contribution >= 4 is 43.2 Å². The molecule has 0 unspecified atom stereocenters. The minimum atomic E-state index is -3.39. The van der Waals surface area contributed by atoms with E-state index >= 15 is 0 Å². The maximum atomic E-state index is 12.2. The van der Waals surface area contributed by atoms with Gasteiger partial charge in [0.1, 0.15) is 0 Å². The van der Waals surface area contributed by atoms with Gasteiger partial charge in [-0.25, -0.2) is 8.42 Å². The van der Waals surface area contributed by atoms with Gasteiger partial charge in [-0.3, -0.25) is 9.62 Å². The summed E-state index contributed by atoms with van der Waals surface area (Å²) in [5.41, 5.74) is 1.37. The first kappa shape index (κ1) is 17.0. The first-order valence-electron chi connectivity index (χ1n) is 6.76. The lowest BCUT2D eigenvalue weighted by Crippen LogP contribution is -2.45. The third kappa shape index (κ3) is 5.10. The Morgan fingerprint density at radius 3 is 2.71 bits per heavy atom. The van der Waals surface area contributed by atoms with Crippen LogP contribution in [-0.2, 0) is 10.0 Å². The number of halogens is 2. The van der Waals surface area contributed by atoms with Crippen LogP contribution in [0.15, 0.2) is 16.6 Å². The Morgan fingerprint density at radius 1 is 1.38 bits per heavy atom. The van der Waals surface area contributed by atoms with Crippen LogP contribution in [0.3, 0.4) is 0 Å². The summed E-state index contributed by atoms with van der Waals surface area (Å²) < 4.78 is 27.6. The van der Waals surface area contributed by atoms with Crippen molar-refractivity contribution in [3.63, 3.8) is 0 Å². The normalized spacial score (nSPS) is 16.9. The van der Waals surface area contributed by atoms with Crippen LogP contribution in [0.5, 0.6) is 0 Å². The van der Waals surface area contributed by atoms with Crippen LogP contribution >= 0.6 is 27.5 Å². The molecule has 1 aromatic rings. The number of nitrogens with one attached hydrogen (secondary N) is 2. The first-order valence-corrected chi connectivity index (χ1v) is 9.59. The summed E-state index contributed by atoms with van der Waals surface area (Å²) in [5, 5.41) is 3.78. The first-order chi connectivity index (χ1) is 9.87. The molecule has 2 rings (SSSR count). The summed E-state index contributed by atoms with van der Waals surface area (Å²) in [6.07, 6.45) is 0. The van der Waals surface area contributed by atoms with E-state index in [1.807, 2.05) is 6.92 Å². The molecule has 0 spiro atoms. The lowest BCUT2D eigenvalue weighted by Gasteiger charge is -2.27.